The van der Waals surface area contributed by atoms with Crippen molar-refractivity contribution < 1.29 is 9.59 Å². The zero-order valence-electron chi connectivity index (χ0n) is 6.88. The fraction of sp³-hybridized carbons (Fsp3) is 0.714. The average Bonchev–Trinajstić information content (AvgIpc) is 1.95. The average molecular weight is 173 g/mol. The van der Waals surface area contributed by atoms with Crippen molar-refractivity contribution in [1.82, 2.24) is 4.90 Å². The number of carbonyl (C=O) groups is 2. The first-order chi connectivity index (χ1) is 4.95. The molecule has 0 atom stereocenters. The summed E-state index contributed by atoms with van der Waals surface area (Å²) in [5.41, 5.74) is 0. The van der Waals surface area contributed by atoms with Crippen LogP contribution in [0, 0.1) is 0 Å². The fourth-order valence-electron chi connectivity index (χ4n) is 0.918. The predicted octanol–water partition coefficient (Wildman–Crippen LogP) is 0.497. The first kappa shape index (κ1) is 8.59. The highest BCUT2D eigenvalue weighted by Crippen LogP contribution is 2.30. The fourth-order valence-corrected chi connectivity index (χ4v) is 1.86. The first-order valence-corrected chi connectivity index (χ1v) is 4.38. The lowest BCUT2D eigenvalue weighted by Crippen LogP contribution is -2.49. The van der Waals surface area contributed by atoms with Crippen LogP contribution in [0.4, 0.5) is 0 Å². The molecule has 1 heterocycles. The lowest BCUT2D eigenvalue weighted by atomic mass is 10.2. The van der Waals surface area contributed by atoms with E-state index < -0.39 is 4.75 Å². The Kier molecular flexibility index (Phi) is 1.96. The van der Waals surface area contributed by atoms with Gasteiger partial charge in [-0.25, -0.2) is 0 Å². The number of carbonyl (C=O) groups excluding carboxylic acids is 2. The van der Waals surface area contributed by atoms with E-state index in [1.807, 2.05) is 13.8 Å². The number of hydrogen-bond acceptors (Lipinski definition) is 3. The third kappa shape index (κ3) is 1.40. The summed E-state index contributed by atoms with van der Waals surface area (Å²) >= 11 is 1.40. The Hall–Kier alpha value is -0.510. The van der Waals surface area contributed by atoms with Gasteiger partial charge >= 0.3 is 0 Å². The summed E-state index contributed by atoms with van der Waals surface area (Å²) in [5.74, 6) is 0.216. The summed E-state index contributed by atoms with van der Waals surface area (Å²) < 4.78 is -0.428. The van der Waals surface area contributed by atoms with Gasteiger partial charge in [0.2, 0.25) is 11.8 Å². The Morgan fingerprint density at radius 3 is 2.45 bits per heavy atom. The van der Waals surface area contributed by atoms with E-state index in [-0.39, 0.29) is 11.8 Å². The van der Waals surface area contributed by atoms with E-state index in [1.165, 1.54) is 23.7 Å². The van der Waals surface area contributed by atoms with Gasteiger partial charge in [-0.1, -0.05) is 0 Å². The van der Waals surface area contributed by atoms with Crippen molar-refractivity contribution in [2.75, 3.05) is 12.8 Å². The van der Waals surface area contributed by atoms with E-state index in [0.717, 1.165) is 0 Å². The van der Waals surface area contributed by atoms with Crippen molar-refractivity contribution >= 4 is 23.6 Å². The van der Waals surface area contributed by atoms with E-state index in [0.29, 0.717) is 5.75 Å². The molecule has 62 valence electrons. The Bertz CT molecular complexity index is 212. The molecule has 1 aliphatic rings. The molecule has 1 rings (SSSR count). The maximum atomic E-state index is 11.3. The molecule has 0 bridgehead atoms. The van der Waals surface area contributed by atoms with Crippen LogP contribution < -0.4 is 0 Å². The molecule has 1 aliphatic heterocycles. The number of imide groups is 1. The lowest BCUT2D eigenvalue weighted by molar-refractivity contribution is -0.143. The van der Waals surface area contributed by atoms with E-state index in [4.69, 9.17) is 0 Å². The van der Waals surface area contributed by atoms with Crippen molar-refractivity contribution in [2.24, 2.45) is 0 Å². The topological polar surface area (TPSA) is 37.4 Å². The summed E-state index contributed by atoms with van der Waals surface area (Å²) in [5, 5.41) is 0. The van der Waals surface area contributed by atoms with Crippen LogP contribution in [0.15, 0.2) is 0 Å². The minimum atomic E-state index is -0.428. The molecule has 0 aromatic rings. The second kappa shape index (κ2) is 2.52. The maximum Gasteiger partial charge on any atom is 0.244 e. The zero-order valence-corrected chi connectivity index (χ0v) is 7.70. The van der Waals surface area contributed by atoms with Crippen LogP contribution in [0.2, 0.25) is 0 Å². The van der Waals surface area contributed by atoms with E-state index in [9.17, 15) is 9.59 Å². The van der Waals surface area contributed by atoms with Gasteiger partial charge in [0.1, 0.15) is 0 Å². The Balaban J connectivity index is 2.84. The van der Waals surface area contributed by atoms with Gasteiger partial charge < -0.3 is 0 Å². The van der Waals surface area contributed by atoms with Crippen LogP contribution in [-0.2, 0) is 9.59 Å². The van der Waals surface area contributed by atoms with Crippen molar-refractivity contribution in [3.8, 4) is 0 Å². The molecule has 0 radical (unpaired) electrons. The zero-order chi connectivity index (χ0) is 8.65. The molecule has 0 unspecified atom stereocenters. The summed E-state index contributed by atoms with van der Waals surface area (Å²) in [6.07, 6.45) is 0. The molecule has 1 saturated heterocycles. The largest absolute Gasteiger partial charge is 0.284 e. The highest BCUT2D eigenvalue weighted by atomic mass is 32.2. The van der Waals surface area contributed by atoms with Gasteiger partial charge in [-0.2, -0.15) is 0 Å². The SMILES string of the molecule is CN1C(=O)CSC(C)(C)C1=O. The molecule has 0 aromatic heterocycles. The molecule has 0 aliphatic carbocycles. The highest BCUT2D eigenvalue weighted by Gasteiger charge is 2.38. The van der Waals surface area contributed by atoms with Crippen molar-refractivity contribution in [1.29, 1.82) is 0 Å². The van der Waals surface area contributed by atoms with Crippen molar-refractivity contribution in [3.05, 3.63) is 0 Å². The van der Waals surface area contributed by atoms with Gasteiger partial charge in [0.05, 0.1) is 10.5 Å². The summed E-state index contributed by atoms with van der Waals surface area (Å²) in [4.78, 5) is 23.5. The molecule has 0 aromatic carbocycles. The van der Waals surface area contributed by atoms with E-state index in [2.05, 4.69) is 0 Å². The normalized spacial score (nSPS) is 24.1. The quantitative estimate of drug-likeness (QED) is 0.500. The number of hydrogen-bond donors (Lipinski definition) is 0. The smallest absolute Gasteiger partial charge is 0.244 e. The van der Waals surface area contributed by atoms with Crippen LogP contribution in [0.3, 0.4) is 0 Å². The third-order valence-electron chi connectivity index (χ3n) is 1.75. The van der Waals surface area contributed by atoms with Crippen LogP contribution in [0.25, 0.3) is 0 Å². The van der Waals surface area contributed by atoms with Gasteiger partial charge in [-0.15, -0.1) is 11.8 Å². The van der Waals surface area contributed by atoms with Crippen LogP contribution in [0.1, 0.15) is 13.8 Å². The first-order valence-electron chi connectivity index (χ1n) is 3.40. The number of rotatable bonds is 0. The molecule has 0 N–H and O–H groups in total. The molecule has 3 nitrogen and oxygen atoms in total. The Morgan fingerprint density at radius 2 is 2.00 bits per heavy atom. The minimum Gasteiger partial charge on any atom is -0.284 e. The molecule has 4 heteroatoms. The molecule has 2 amide bonds. The van der Waals surface area contributed by atoms with Gasteiger partial charge in [0.15, 0.2) is 0 Å². The maximum absolute atomic E-state index is 11.3. The monoisotopic (exact) mass is 173 g/mol. The molecule has 0 saturated carbocycles. The van der Waals surface area contributed by atoms with Gasteiger partial charge in [-0.3, -0.25) is 14.5 Å². The third-order valence-corrected chi connectivity index (χ3v) is 3.04. The number of amides is 2. The van der Waals surface area contributed by atoms with Crippen LogP contribution >= 0.6 is 11.8 Å². The van der Waals surface area contributed by atoms with Gasteiger partial charge in [0, 0.05) is 7.05 Å². The summed E-state index contributed by atoms with van der Waals surface area (Å²) in [6.45, 7) is 3.67. The standard InChI is InChI=1S/C7H11NO2S/c1-7(2)6(10)8(3)5(9)4-11-7/h4H2,1-3H3. The van der Waals surface area contributed by atoms with E-state index >= 15 is 0 Å². The van der Waals surface area contributed by atoms with Gasteiger partial charge in [-0.05, 0) is 13.8 Å². The summed E-state index contributed by atoms with van der Waals surface area (Å²) in [6, 6.07) is 0. The number of thioether (sulfide) groups is 1. The van der Waals surface area contributed by atoms with Crippen molar-refractivity contribution in [3.63, 3.8) is 0 Å². The molecule has 0 spiro atoms. The van der Waals surface area contributed by atoms with Gasteiger partial charge in [0.25, 0.3) is 0 Å². The molecular formula is C7H11NO2S. The molecule has 11 heavy (non-hydrogen) atoms. The second-order valence-corrected chi connectivity index (χ2v) is 4.65. The Labute approximate surface area is 70.1 Å². The predicted molar refractivity (Wildman–Crippen MR) is 44.3 cm³/mol. The number of nitrogens with zero attached hydrogens (tertiary/aromatic N) is 1. The van der Waals surface area contributed by atoms with Crippen LogP contribution in [-0.4, -0.2) is 34.3 Å². The molecular weight excluding hydrogens is 162 g/mol. The summed E-state index contributed by atoms with van der Waals surface area (Å²) in [7, 11) is 1.53. The Morgan fingerprint density at radius 1 is 1.45 bits per heavy atom. The highest BCUT2D eigenvalue weighted by molar-refractivity contribution is 8.02. The minimum absolute atomic E-state index is 0.0978. The van der Waals surface area contributed by atoms with Crippen molar-refractivity contribution in [2.45, 2.75) is 18.6 Å². The van der Waals surface area contributed by atoms with E-state index in [1.54, 1.807) is 0 Å². The molecule has 1 fully saturated rings. The second-order valence-electron chi connectivity index (χ2n) is 3.06. The lowest BCUT2D eigenvalue weighted by Gasteiger charge is -2.32. The van der Waals surface area contributed by atoms with Crippen LogP contribution in [0.5, 0.6) is 0 Å².